The van der Waals surface area contributed by atoms with Crippen LogP contribution in [0.15, 0.2) is 6.08 Å². The number of ether oxygens (including phenoxy) is 2. The fourth-order valence-electron chi connectivity index (χ4n) is 2.65. The molecule has 0 amide bonds. The van der Waals surface area contributed by atoms with Gasteiger partial charge in [0.1, 0.15) is 0 Å². The number of carbonyl (C=O) groups is 2. The molecule has 0 atom stereocenters. The van der Waals surface area contributed by atoms with E-state index in [2.05, 4.69) is 6.92 Å². The molecule has 0 heterocycles. The largest absolute Gasteiger partial charge is 0.463 e. The van der Waals surface area contributed by atoms with E-state index in [-0.39, 0.29) is 18.8 Å². The zero-order valence-corrected chi connectivity index (χ0v) is 15.1. The second kappa shape index (κ2) is 7.95. The van der Waals surface area contributed by atoms with Gasteiger partial charge in [-0.3, -0.25) is 0 Å². The number of benzene rings is 1. The third kappa shape index (κ3) is 4.01. The van der Waals surface area contributed by atoms with Gasteiger partial charge in [0.15, 0.2) is 0 Å². The summed E-state index contributed by atoms with van der Waals surface area (Å²) >= 11 is 0. The Labute approximate surface area is 138 Å². The minimum Gasteiger partial charge on any atom is -0.463 e. The Morgan fingerprint density at radius 2 is 1.22 bits per heavy atom. The van der Waals surface area contributed by atoms with Crippen LogP contribution in [0.4, 0.5) is 0 Å². The van der Waals surface area contributed by atoms with E-state index in [1.807, 2.05) is 27.7 Å². The Hall–Kier alpha value is -2.10. The standard InChI is InChI=1S/C19H26O4/c1-8-22-17(20)10-16(19(21)23-9-2)18-14(6)12(4)11(3)13(5)15(18)7/h10H,8-9H2,1-7H3/b16-10+. The van der Waals surface area contributed by atoms with Crippen molar-refractivity contribution in [1.82, 2.24) is 0 Å². The number of carbonyl (C=O) groups excluding carboxylic acids is 2. The third-order valence-electron chi connectivity index (χ3n) is 4.31. The van der Waals surface area contributed by atoms with Gasteiger partial charge in [-0.2, -0.15) is 0 Å². The summed E-state index contributed by atoms with van der Waals surface area (Å²) in [6.45, 7) is 14.0. The molecule has 4 nitrogen and oxygen atoms in total. The van der Waals surface area contributed by atoms with Crippen LogP contribution in [0.3, 0.4) is 0 Å². The Morgan fingerprint density at radius 1 is 0.783 bits per heavy atom. The van der Waals surface area contributed by atoms with E-state index in [9.17, 15) is 9.59 Å². The monoisotopic (exact) mass is 318 g/mol. The SMILES string of the molecule is CCOC(=O)/C=C(/C(=O)OCC)c1c(C)c(C)c(C)c(C)c1C. The highest BCUT2D eigenvalue weighted by Gasteiger charge is 2.22. The summed E-state index contributed by atoms with van der Waals surface area (Å²) in [5, 5.41) is 0. The van der Waals surface area contributed by atoms with Crippen LogP contribution in [-0.4, -0.2) is 25.2 Å². The summed E-state index contributed by atoms with van der Waals surface area (Å²) in [7, 11) is 0. The van der Waals surface area contributed by atoms with Crippen LogP contribution in [0.25, 0.3) is 5.57 Å². The van der Waals surface area contributed by atoms with Crippen molar-refractivity contribution in [3.63, 3.8) is 0 Å². The summed E-state index contributed by atoms with van der Waals surface area (Å²) in [5.41, 5.74) is 6.40. The van der Waals surface area contributed by atoms with Gasteiger partial charge in [-0.15, -0.1) is 0 Å². The van der Waals surface area contributed by atoms with E-state index in [0.717, 1.165) is 27.8 Å². The van der Waals surface area contributed by atoms with Crippen molar-refractivity contribution in [2.24, 2.45) is 0 Å². The third-order valence-corrected chi connectivity index (χ3v) is 4.31. The minimum atomic E-state index is -0.537. The number of esters is 2. The lowest BCUT2D eigenvalue weighted by atomic mass is 9.86. The molecular weight excluding hydrogens is 292 g/mol. The lowest BCUT2D eigenvalue weighted by Gasteiger charge is -2.20. The second-order valence-corrected chi connectivity index (χ2v) is 5.53. The Morgan fingerprint density at radius 3 is 1.65 bits per heavy atom. The molecule has 0 spiro atoms. The molecule has 0 aliphatic carbocycles. The van der Waals surface area contributed by atoms with Gasteiger partial charge in [0.2, 0.25) is 0 Å². The van der Waals surface area contributed by atoms with E-state index in [1.54, 1.807) is 13.8 Å². The first-order valence-electron chi connectivity index (χ1n) is 7.89. The van der Waals surface area contributed by atoms with Gasteiger partial charge in [0.05, 0.1) is 18.8 Å². The fraction of sp³-hybridized carbons (Fsp3) is 0.474. The summed E-state index contributed by atoms with van der Waals surface area (Å²) < 4.78 is 10.1. The van der Waals surface area contributed by atoms with Crippen molar-refractivity contribution in [2.45, 2.75) is 48.5 Å². The van der Waals surface area contributed by atoms with Crippen LogP contribution in [0.5, 0.6) is 0 Å². The molecule has 0 radical (unpaired) electrons. The Balaban J connectivity index is 3.62. The molecule has 0 unspecified atom stereocenters. The second-order valence-electron chi connectivity index (χ2n) is 5.53. The van der Waals surface area contributed by atoms with E-state index in [1.165, 1.54) is 11.6 Å². The van der Waals surface area contributed by atoms with Crippen LogP contribution in [0.1, 0.15) is 47.2 Å². The predicted molar refractivity (Wildman–Crippen MR) is 91.4 cm³/mol. The fourth-order valence-corrected chi connectivity index (χ4v) is 2.65. The first-order valence-corrected chi connectivity index (χ1v) is 7.89. The maximum Gasteiger partial charge on any atom is 0.339 e. The maximum absolute atomic E-state index is 12.4. The van der Waals surface area contributed by atoms with Crippen molar-refractivity contribution in [3.05, 3.63) is 39.5 Å². The average molecular weight is 318 g/mol. The normalized spacial score (nSPS) is 11.3. The molecule has 0 bridgehead atoms. The van der Waals surface area contributed by atoms with Gasteiger partial charge in [0, 0.05) is 6.08 Å². The minimum absolute atomic E-state index is 0.251. The van der Waals surface area contributed by atoms with Gasteiger partial charge in [-0.05, 0) is 81.8 Å². The molecule has 1 aromatic rings. The van der Waals surface area contributed by atoms with Gasteiger partial charge < -0.3 is 9.47 Å². The molecule has 0 fully saturated rings. The van der Waals surface area contributed by atoms with Crippen LogP contribution in [-0.2, 0) is 19.1 Å². The Bertz CT molecular complexity index is 625. The molecule has 0 aliphatic rings. The van der Waals surface area contributed by atoms with Crippen molar-refractivity contribution < 1.29 is 19.1 Å². The quantitative estimate of drug-likeness (QED) is 0.613. The molecule has 0 aromatic heterocycles. The van der Waals surface area contributed by atoms with Crippen molar-refractivity contribution in [3.8, 4) is 0 Å². The summed E-state index contributed by atoms with van der Waals surface area (Å²) in [6, 6.07) is 0. The zero-order valence-electron chi connectivity index (χ0n) is 15.1. The van der Waals surface area contributed by atoms with Gasteiger partial charge in [-0.1, -0.05) is 0 Å². The first-order chi connectivity index (χ1) is 10.8. The summed E-state index contributed by atoms with van der Waals surface area (Å²) in [5.74, 6) is -1.04. The van der Waals surface area contributed by atoms with Crippen LogP contribution >= 0.6 is 0 Å². The lowest BCUT2D eigenvalue weighted by molar-refractivity contribution is -0.139. The highest BCUT2D eigenvalue weighted by atomic mass is 16.5. The van der Waals surface area contributed by atoms with Crippen molar-refractivity contribution in [2.75, 3.05) is 13.2 Å². The van der Waals surface area contributed by atoms with E-state index < -0.39 is 11.9 Å². The number of hydrogen-bond donors (Lipinski definition) is 0. The molecule has 126 valence electrons. The zero-order chi connectivity index (χ0) is 17.7. The van der Waals surface area contributed by atoms with E-state index in [0.29, 0.717) is 0 Å². The van der Waals surface area contributed by atoms with Crippen LogP contribution < -0.4 is 0 Å². The van der Waals surface area contributed by atoms with E-state index >= 15 is 0 Å². The molecule has 0 saturated carbocycles. The summed E-state index contributed by atoms with van der Waals surface area (Å²) in [4.78, 5) is 24.3. The number of rotatable bonds is 5. The van der Waals surface area contributed by atoms with Crippen molar-refractivity contribution in [1.29, 1.82) is 0 Å². The Kier molecular flexibility index (Phi) is 6.55. The smallest absolute Gasteiger partial charge is 0.339 e. The average Bonchev–Trinajstić information content (AvgIpc) is 2.50. The molecule has 0 aliphatic heterocycles. The maximum atomic E-state index is 12.4. The molecule has 4 heteroatoms. The molecule has 1 rings (SSSR count). The first kappa shape index (κ1) is 18.9. The molecule has 0 saturated heterocycles. The van der Waals surface area contributed by atoms with Crippen molar-refractivity contribution >= 4 is 17.5 Å². The highest BCUT2D eigenvalue weighted by Crippen LogP contribution is 2.31. The summed E-state index contributed by atoms with van der Waals surface area (Å²) in [6.07, 6.45) is 1.24. The number of hydrogen-bond acceptors (Lipinski definition) is 4. The molecule has 23 heavy (non-hydrogen) atoms. The van der Waals surface area contributed by atoms with Gasteiger partial charge in [-0.25, -0.2) is 9.59 Å². The molecule has 0 N–H and O–H groups in total. The van der Waals surface area contributed by atoms with Crippen LogP contribution in [0, 0.1) is 34.6 Å². The topological polar surface area (TPSA) is 52.6 Å². The highest BCUT2D eigenvalue weighted by molar-refractivity contribution is 6.21. The molecule has 1 aromatic carbocycles. The lowest BCUT2D eigenvalue weighted by Crippen LogP contribution is -2.14. The van der Waals surface area contributed by atoms with Gasteiger partial charge >= 0.3 is 11.9 Å². The predicted octanol–water partition coefficient (Wildman–Crippen LogP) is 3.74. The van der Waals surface area contributed by atoms with Crippen LogP contribution in [0.2, 0.25) is 0 Å². The van der Waals surface area contributed by atoms with Gasteiger partial charge in [0.25, 0.3) is 0 Å². The molecular formula is C19H26O4. The van der Waals surface area contributed by atoms with E-state index in [4.69, 9.17) is 9.47 Å².